The molecule has 1 aromatic heterocycles. The molecule has 2 heterocycles. The molecule has 1 aromatic carbocycles. The minimum Gasteiger partial charge on any atom is -0.469 e. The molecule has 1 amide bonds. The number of esters is 1. The number of aryl methyl sites for hydroxylation is 1. The van der Waals surface area contributed by atoms with Crippen LogP contribution in [0.15, 0.2) is 41.8 Å². The quantitative estimate of drug-likeness (QED) is 0.599. The molecule has 8 nitrogen and oxygen atoms in total. The minimum atomic E-state index is -3.76. The van der Waals surface area contributed by atoms with Gasteiger partial charge in [-0.1, -0.05) is 18.2 Å². The van der Waals surface area contributed by atoms with Crippen molar-refractivity contribution in [1.29, 1.82) is 0 Å². The molecule has 0 saturated carbocycles. The van der Waals surface area contributed by atoms with Crippen LogP contribution in [-0.2, 0) is 24.3 Å². The molecule has 1 aliphatic rings. The van der Waals surface area contributed by atoms with Gasteiger partial charge in [-0.05, 0) is 36.1 Å². The Kier molecular flexibility index (Phi) is 7.69. The molecule has 10 heteroatoms. The number of rotatable bonds is 8. The van der Waals surface area contributed by atoms with Crippen LogP contribution in [0.2, 0.25) is 0 Å². The molecule has 1 aliphatic heterocycles. The highest BCUT2D eigenvalue weighted by molar-refractivity contribution is 7.89. The number of thiophene rings is 1. The Bertz CT molecular complexity index is 1000. The summed E-state index contributed by atoms with van der Waals surface area (Å²) in [4.78, 5) is 27.1. The van der Waals surface area contributed by atoms with E-state index in [1.807, 2.05) is 30.5 Å². The summed E-state index contributed by atoms with van der Waals surface area (Å²) in [6.45, 7) is 3.78. The van der Waals surface area contributed by atoms with Gasteiger partial charge in [0.1, 0.15) is 5.75 Å². The second-order valence-electron chi connectivity index (χ2n) is 7.40. The Labute approximate surface area is 186 Å². The summed E-state index contributed by atoms with van der Waals surface area (Å²) in [5.74, 6) is -1.77. The highest BCUT2D eigenvalue weighted by atomic mass is 32.2. The molecule has 0 aliphatic carbocycles. The molecule has 0 spiro atoms. The van der Waals surface area contributed by atoms with Crippen molar-refractivity contribution >= 4 is 38.9 Å². The largest absolute Gasteiger partial charge is 0.469 e. The van der Waals surface area contributed by atoms with Gasteiger partial charge in [0.15, 0.2) is 0 Å². The molecule has 2 aromatic rings. The number of carbonyl (C=O) groups is 2. The van der Waals surface area contributed by atoms with E-state index in [0.29, 0.717) is 26.2 Å². The van der Waals surface area contributed by atoms with Gasteiger partial charge in [0.05, 0.1) is 19.6 Å². The van der Waals surface area contributed by atoms with Crippen LogP contribution in [-0.4, -0.2) is 63.6 Å². The van der Waals surface area contributed by atoms with Gasteiger partial charge in [-0.2, -0.15) is 4.31 Å². The van der Waals surface area contributed by atoms with Crippen LogP contribution >= 0.6 is 11.3 Å². The number of carbonyl (C=O) groups excluding carboxylic acids is 2. The third kappa shape index (κ3) is 6.28. The van der Waals surface area contributed by atoms with Crippen molar-refractivity contribution in [3.63, 3.8) is 0 Å². The number of hydrogen-bond donors (Lipinski definition) is 1. The highest BCUT2D eigenvalue weighted by Crippen LogP contribution is 2.23. The zero-order valence-corrected chi connectivity index (χ0v) is 19.2. The lowest BCUT2D eigenvalue weighted by atomic mass is 10.1. The van der Waals surface area contributed by atoms with Crippen LogP contribution < -0.4 is 10.2 Å². The van der Waals surface area contributed by atoms with Crippen molar-refractivity contribution in [3.8, 4) is 0 Å². The number of ether oxygens (including phenoxy) is 1. The lowest BCUT2D eigenvalue weighted by molar-refractivity contribution is -0.141. The van der Waals surface area contributed by atoms with E-state index < -0.39 is 33.7 Å². The van der Waals surface area contributed by atoms with E-state index in [1.54, 1.807) is 12.1 Å². The zero-order valence-electron chi connectivity index (χ0n) is 17.6. The van der Waals surface area contributed by atoms with Crippen molar-refractivity contribution in [2.75, 3.05) is 43.9 Å². The van der Waals surface area contributed by atoms with Gasteiger partial charge >= 0.3 is 5.97 Å². The second-order valence-corrected chi connectivity index (χ2v) is 10.3. The summed E-state index contributed by atoms with van der Waals surface area (Å²) < 4.78 is 31.6. The van der Waals surface area contributed by atoms with Gasteiger partial charge < -0.3 is 15.0 Å². The minimum absolute atomic E-state index is 0.0576. The molecule has 1 atom stereocenters. The van der Waals surface area contributed by atoms with Gasteiger partial charge in [0.2, 0.25) is 15.9 Å². The van der Waals surface area contributed by atoms with Crippen LogP contribution in [0.3, 0.4) is 0 Å². The second kappa shape index (κ2) is 10.3. The maximum Gasteiger partial charge on any atom is 0.307 e. The molecular weight excluding hydrogens is 438 g/mol. The molecule has 1 N–H and O–H groups in total. The van der Waals surface area contributed by atoms with Crippen molar-refractivity contribution in [3.05, 3.63) is 52.2 Å². The number of benzene rings is 1. The van der Waals surface area contributed by atoms with E-state index in [1.165, 1.54) is 22.8 Å². The predicted octanol–water partition coefficient (Wildman–Crippen LogP) is 1.93. The topological polar surface area (TPSA) is 96.0 Å². The summed E-state index contributed by atoms with van der Waals surface area (Å²) >= 11 is 1.38. The lowest BCUT2D eigenvalue weighted by Crippen LogP contribution is -2.50. The van der Waals surface area contributed by atoms with E-state index >= 15 is 0 Å². The number of nitrogens with zero attached hydrogens (tertiary/aromatic N) is 2. The van der Waals surface area contributed by atoms with Crippen LogP contribution in [0.1, 0.15) is 22.9 Å². The normalized spacial score (nSPS) is 16.0. The number of nitrogens with one attached hydrogen (secondary N) is 1. The number of hydrogen-bond acceptors (Lipinski definition) is 7. The van der Waals surface area contributed by atoms with Crippen LogP contribution in [0.5, 0.6) is 0 Å². The average Bonchev–Trinajstić information content (AvgIpc) is 3.28. The third-order valence-electron chi connectivity index (χ3n) is 5.13. The van der Waals surface area contributed by atoms with E-state index in [2.05, 4.69) is 16.3 Å². The molecule has 3 rings (SSSR count). The summed E-state index contributed by atoms with van der Waals surface area (Å²) in [5.41, 5.74) is 2.22. The number of anilines is 1. The number of sulfonamides is 1. The van der Waals surface area contributed by atoms with Gasteiger partial charge in [-0.15, -0.1) is 11.3 Å². The monoisotopic (exact) mass is 465 g/mol. The molecular formula is C21H27N3O5S2. The Hall–Kier alpha value is -2.43. The molecule has 31 heavy (non-hydrogen) atoms. The maximum absolute atomic E-state index is 12.8. The van der Waals surface area contributed by atoms with Gasteiger partial charge in [0, 0.05) is 36.7 Å². The molecule has 0 bridgehead atoms. The van der Waals surface area contributed by atoms with E-state index in [-0.39, 0.29) is 6.42 Å². The van der Waals surface area contributed by atoms with E-state index in [4.69, 9.17) is 4.74 Å². The number of methoxy groups -OCH3 is 1. The number of amides is 1. The smallest absolute Gasteiger partial charge is 0.307 e. The first-order chi connectivity index (χ1) is 14.8. The van der Waals surface area contributed by atoms with Gasteiger partial charge in [-0.25, -0.2) is 8.42 Å². The summed E-state index contributed by atoms with van der Waals surface area (Å²) in [5, 5.41) is 4.50. The van der Waals surface area contributed by atoms with Crippen LogP contribution in [0.25, 0.3) is 0 Å². The number of piperazine rings is 1. The molecule has 1 saturated heterocycles. The average molecular weight is 466 g/mol. The fraction of sp³-hybridized carbons (Fsp3) is 0.429. The molecule has 1 unspecified atom stereocenters. The standard InChI is InChI=1S/C21H27N3O5S2/c1-16-5-3-6-17(13-16)23-8-10-24(11-9-23)31(27,28)15-20(25)22-18(14-21(26)29-2)19-7-4-12-30-19/h3-7,12-13,18H,8-11,14-15H2,1-2H3,(H,22,25). The first kappa shape index (κ1) is 23.2. The first-order valence-electron chi connectivity index (χ1n) is 9.97. The van der Waals surface area contributed by atoms with Gasteiger partial charge in [0.25, 0.3) is 0 Å². The Morgan fingerprint density at radius 3 is 2.52 bits per heavy atom. The Morgan fingerprint density at radius 2 is 1.90 bits per heavy atom. The summed E-state index contributed by atoms with van der Waals surface area (Å²) in [6.07, 6.45) is -0.0576. The van der Waals surface area contributed by atoms with Crippen LogP contribution in [0.4, 0.5) is 5.69 Å². The SMILES string of the molecule is COC(=O)CC(NC(=O)CS(=O)(=O)N1CCN(c2cccc(C)c2)CC1)c1cccs1. The van der Waals surface area contributed by atoms with E-state index in [9.17, 15) is 18.0 Å². The summed E-state index contributed by atoms with van der Waals surface area (Å²) in [7, 11) is -2.49. The van der Waals surface area contributed by atoms with Crippen molar-refractivity contribution in [2.24, 2.45) is 0 Å². The maximum atomic E-state index is 12.8. The highest BCUT2D eigenvalue weighted by Gasteiger charge is 2.30. The van der Waals surface area contributed by atoms with Crippen molar-refractivity contribution in [1.82, 2.24) is 9.62 Å². The summed E-state index contributed by atoms with van der Waals surface area (Å²) in [6, 6.07) is 11.1. The van der Waals surface area contributed by atoms with Gasteiger partial charge in [-0.3, -0.25) is 9.59 Å². The molecule has 0 radical (unpaired) electrons. The fourth-order valence-corrected chi connectivity index (χ4v) is 5.60. The van der Waals surface area contributed by atoms with Crippen molar-refractivity contribution < 1.29 is 22.7 Å². The molecule has 1 fully saturated rings. The Morgan fingerprint density at radius 1 is 1.16 bits per heavy atom. The van der Waals surface area contributed by atoms with Crippen molar-refractivity contribution in [2.45, 2.75) is 19.4 Å². The predicted molar refractivity (Wildman–Crippen MR) is 121 cm³/mol. The molecule has 168 valence electrons. The first-order valence-corrected chi connectivity index (χ1v) is 12.5. The fourth-order valence-electron chi connectivity index (χ4n) is 3.50. The van der Waals surface area contributed by atoms with E-state index in [0.717, 1.165) is 16.1 Å². The third-order valence-corrected chi connectivity index (χ3v) is 7.90. The zero-order chi connectivity index (χ0) is 22.4. The Balaban J connectivity index is 1.58. The van der Waals surface area contributed by atoms with Crippen LogP contribution in [0, 0.1) is 6.92 Å². The lowest BCUT2D eigenvalue weighted by Gasteiger charge is -2.35.